The van der Waals surface area contributed by atoms with E-state index >= 15 is 0 Å². The quantitative estimate of drug-likeness (QED) is 0.839. The van der Waals surface area contributed by atoms with Gasteiger partial charge in [0, 0.05) is 6.54 Å². The van der Waals surface area contributed by atoms with E-state index in [0.29, 0.717) is 12.5 Å². The lowest BCUT2D eigenvalue weighted by molar-refractivity contribution is 0.0594. The second-order valence-electron chi connectivity index (χ2n) is 5.34. The van der Waals surface area contributed by atoms with Gasteiger partial charge in [-0.05, 0) is 43.7 Å². The second-order valence-corrected chi connectivity index (χ2v) is 5.34. The van der Waals surface area contributed by atoms with Gasteiger partial charge >= 0.3 is 5.97 Å². The molecule has 0 atom stereocenters. The van der Waals surface area contributed by atoms with Gasteiger partial charge in [0.2, 0.25) is 0 Å². The van der Waals surface area contributed by atoms with Gasteiger partial charge in [-0.25, -0.2) is 13.6 Å². The van der Waals surface area contributed by atoms with Gasteiger partial charge < -0.3 is 15.2 Å². The second kappa shape index (κ2) is 6.85. The first kappa shape index (κ1) is 15.7. The zero-order chi connectivity index (χ0) is 15.4. The molecule has 0 bridgehead atoms. The minimum Gasteiger partial charge on any atom is -0.465 e. The van der Waals surface area contributed by atoms with Crippen LogP contribution in [0, 0.1) is 17.6 Å². The molecule has 0 amide bonds. The molecule has 6 heteroatoms. The van der Waals surface area contributed by atoms with Gasteiger partial charge in [0.1, 0.15) is 0 Å². The molecule has 1 fully saturated rings. The lowest BCUT2D eigenvalue weighted by Gasteiger charge is -2.25. The number of aliphatic hydroxyl groups is 1. The molecule has 0 spiro atoms. The summed E-state index contributed by atoms with van der Waals surface area (Å²) in [6.07, 6.45) is 2.96. The van der Waals surface area contributed by atoms with Gasteiger partial charge in [-0.2, -0.15) is 0 Å². The molecule has 0 saturated heterocycles. The zero-order valence-electron chi connectivity index (χ0n) is 11.9. The average Bonchev–Trinajstić information content (AvgIpc) is 2.49. The molecule has 1 aliphatic carbocycles. The zero-order valence-corrected chi connectivity index (χ0v) is 11.9. The van der Waals surface area contributed by atoms with Crippen molar-refractivity contribution in [1.29, 1.82) is 0 Å². The molecular formula is C15H19F2NO3. The lowest BCUT2D eigenvalue weighted by Crippen LogP contribution is -2.24. The number of carbonyl (C=O) groups is 1. The van der Waals surface area contributed by atoms with Crippen molar-refractivity contribution in [2.75, 3.05) is 19.0 Å². The lowest BCUT2D eigenvalue weighted by atomic mass is 9.87. The fourth-order valence-electron chi connectivity index (χ4n) is 2.56. The normalized spacial score (nSPS) is 21.9. The van der Waals surface area contributed by atoms with Crippen LogP contribution < -0.4 is 5.32 Å². The van der Waals surface area contributed by atoms with Crippen molar-refractivity contribution < 1.29 is 23.4 Å². The molecule has 116 valence electrons. The predicted octanol–water partition coefficient (Wildman–Crippen LogP) is 2.71. The van der Waals surface area contributed by atoms with Crippen molar-refractivity contribution >= 4 is 11.7 Å². The van der Waals surface area contributed by atoms with E-state index < -0.39 is 23.2 Å². The van der Waals surface area contributed by atoms with E-state index in [4.69, 9.17) is 0 Å². The third-order valence-electron chi connectivity index (χ3n) is 3.89. The van der Waals surface area contributed by atoms with Crippen LogP contribution in [0.2, 0.25) is 0 Å². The molecule has 1 aromatic rings. The Bertz CT molecular complexity index is 514. The monoisotopic (exact) mass is 299 g/mol. The first-order valence-electron chi connectivity index (χ1n) is 7.01. The van der Waals surface area contributed by atoms with Crippen LogP contribution in [-0.2, 0) is 4.74 Å². The Labute approximate surface area is 122 Å². The Hall–Kier alpha value is -1.69. The van der Waals surface area contributed by atoms with Gasteiger partial charge in [-0.1, -0.05) is 0 Å². The molecule has 1 aliphatic rings. The number of hydrogen-bond donors (Lipinski definition) is 2. The van der Waals surface area contributed by atoms with Gasteiger partial charge in [0.05, 0.1) is 24.5 Å². The number of aliphatic hydroxyl groups excluding tert-OH is 1. The Morgan fingerprint density at radius 3 is 2.57 bits per heavy atom. The summed E-state index contributed by atoms with van der Waals surface area (Å²) in [4.78, 5) is 11.3. The van der Waals surface area contributed by atoms with Crippen LogP contribution >= 0.6 is 0 Å². The summed E-state index contributed by atoms with van der Waals surface area (Å²) >= 11 is 0. The first-order chi connectivity index (χ1) is 10.0. The van der Waals surface area contributed by atoms with Crippen molar-refractivity contribution in [2.45, 2.75) is 31.8 Å². The molecule has 0 aromatic heterocycles. The van der Waals surface area contributed by atoms with E-state index in [2.05, 4.69) is 10.1 Å². The van der Waals surface area contributed by atoms with Gasteiger partial charge in [0.15, 0.2) is 11.6 Å². The molecule has 0 aliphatic heterocycles. The maximum atomic E-state index is 13.9. The van der Waals surface area contributed by atoms with Crippen LogP contribution in [0.5, 0.6) is 0 Å². The van der Waals surface area contributed by atoms with Gasteiger partial charge in [-0.15, -0.1) is 0 Å². The number of hydrogen-bond acceptors (Lipinski definition) is 4. The Kier molecular flexibility index (Phi) is 5.12. The van der Waals surface area contributed by atoms with Crippen molar-refractivity contribution in [1.82, 2.24) is 0 Å². The summed E-state index contributed by atoms with van der Waals surface area (Å²) in [5, 5.41) is 12.3. The van der Waals surface area contributed by atoms with Crippen LogP contribution in [0.4, 0.5) is 14.5 Å². The highest BCUT2D eigenvalue weighted by molar-refractivity contribution is 5.90. The molecular weight excluding hydrogens is 280 g/mol. The molecule has 1 saturated carbocycles. The smallest absolute Gasteiger partial charge is 0.340 e. The molecule has 2 rings (SSSR count). The summed E-state index contributed by atoms with van der Waals surface area (Å²) in [6, 6.07) is 2.54. The molecule has 21 heavy (non-hydrogen) atoms. The van der Waals surface area contributed by atoms with Crippen molar-refractivity contribution in [3.8, 4) is 0 Å². The standard InChI is InChI=1S/C15H19F2NO3/c1-21-15(20)11-6-7-12(14(17)13(11)16)18-8-9-2-4-10(19)5-3-9/h6-7,9-10,18-19H,2-5,8H2,1H3. The number of halogens is 2. The predicted molar refractivity (Wildman–Crippen MR) is 74.2 cm³/mol. The number of anilines is 1. The molecule has 1 aromatic carbocycles. The highest BCUT2D eigenvalue weighted by Gasteiger charge is 2.21. The number of nitrogens with one attached hydrogen (secondary N) is 1. The molecule has 4 nitrogen and oxygen atoms in total. The summed E-state index contributed by atoms with van der Waals surface area (Å²) in [5.41, 5.74) is -0.382. The number of rotatable bonds is 4. The third-order valence-corrected chi connectivity index (χ3v) is 3.89. The van der Waals surface area contributed by atoms with E-state index in [1.807, 2.05) is 0 Å². The topological polar surface area (TPSA) is 58.6 Å². The van der Waals surface area contributed by atoms with E-state index in [1.54, 1.807) is 0 Å². The molecule has 0 heterocycles. The summed E-state index contributed by atoms with van der Waals surface area (Å²) in [7, 11) is 1.11. The summed E-state index contributed by atoms with van der Waals surface area (Å²) < 4.78 is 32.0. The van der Waals surface area contributed by atoms with Crippen molar-refractivity contribution in [3.05, 3.63) is 29.3 Å². The first-order valence-corrected chi connectivity index (χ1v) is 7.01. The molecule has 0 radical (unpaired) electrons. The summed E-state index contributed by atoms with van der Waals surface area (Å²) in [6.45, 7) is 0.515. The van der Waals surface area contributed by atoms with Crippen LogP contribution in [0.1, 0.15) is 36.0 Å². The average molecular weight is 299 g/mol. The maximum Gasteiger partial charge on any atom is 0.340 e. The number of carbonyl (C=O) groups excluding carboxylic acids is 1. The highest BCUT2D eigenvalue weighted by Crippen LogP contribution is 2.26. The van der Waals surface area contributed by atoms with Crippen molar-refractivity contribution in [2.24, 2.45) is 5.92 Å². The minimum absolute atomic E-state index is 0.0336. The summed E-state index contributed by atoms with van der Waals surface area (Å²) in [5.74, 6) is -2.85. The number of esters is 1. The largest absolute Gasteiger partial charge is 0.465 e. The van der Waals surface area contributed by atoms with Crippen LogP contribution in [0.25, 0.3) is 0 Å². The molecule has 0 unspecified atom stereocenters. The number of benzene rings is 1. The van der Waals surface area contributed by atoms with Crippen molar-refractivity contribution in [3.63, 3.8) is 0 Å². The fourth-order valence-corrected chi connectivity index (χ4v) is 2.56. The van der Waals surface area contributed by atoms with E-state index in [-0.39, 0.29) is 11.8 Å². The Morgan fingerprint density at radius 1 is 1.29 bits per heavy atom. The Morgan fingerprint density at radius 2 is 1.95 bits per heavy atom. The number of ether oxygens (including phenoxy) is 1. The van der Waals surface area contributed by atoms with Crippen LogP contribution in [0.3, 0.4) is 0 Å². The highest BCUT2D eigenvalue weighted by atomic mass is 19.2. The van der Waals surface area contributed by atoms with E-state index in [1.165, 1.54) is 12.1 Å². The van der Waals surface area contributed by atoms with Gasteiger partial charge in [0.25, 0.3) is 0 Å². The Balaban J connectivity index is 2.01. The fraction of sp³-hybridized carbons (Fsp3) is 0.533. The van der Waals surface area contributed by atoms with E-state index in [9.17, 15) is 18.7 Å². The minimum atomic E-state index is -1.20. The number of methoxy groups -OCH3 is 1. The maximum absolute atomic E-state index is 13.9. The van der Waals surface area contributed by atoms with E-state index in [0.717, 1.165) is 32.8 Å². The van der Waals surface area contributed by atoms with Gasteiger partial charge in [-0.3, -0.25) is 0 Å². The van der Waals surface area contributed by atoms with Crippen LogP contribution in [-0.4, -0.2) is 30.8 Å². The third kappa shape index (κ3) is 3.69. The van der Waals surface area contributed by atoms with Crippen LogP contribution in [0.15, 0.2) is 12.1 Å². The SMILES string of the molecule is COC(=O)c1ccc(NCC2CCC(O)CC2)c(F)c1F. The molecule has 2 N–H and O–H groups in total.